The van der Waals surface area contributed by atoms with E-state index in [4.69, 9.17) is 15.1 Å². The van der Waals surface area contributed by atoms with E-state index in [0.717, 1.165) is 0 Å². The van der Waals surface area contributed by atoms with Gasteiger partial charge in [0, 0.05) is 0 Å². The van der Waals surface area contributed by atoms with Gasteiger partial charge in [-0.3, -0.25) is 0 Å². The molecule has 0 aromatic heterocycles. The van der Waals surface area contributed by atoms with Crippen molar-refractivity contribution < 1.29 is 39.0 Å². The second kappa shape index (κ2) is 14.3. The first kappa shape index (κ1) is 29.2. The molecule has 0 aliphatic rings. The van der Waals surface area contributed by atoms with Crippen molar-refractivity contribution in [2.24, 2.45) is 0 Å². The number of hydrogen-bond donors (Lipinski definition) is 0. The van der Waals surface area contributed by atoms with Gasteiger partial charge in [0.25, 0.3) is 0 Å². The van der Waals surface area contributed by atoms with Gasteiger partial charge in [0.15, 0.2) is 0 Å². The standard InChI is InChI=1S/5C4H8O2.Sb/c5*1-2-3-4(5)6;/h5*2-3H2,1H3,(H,5,6);/q;;;;;+5/p-5. The summed E-state index contributed by atoms with van der Waals surface area (Å²) in [5, 5.41) is 0. The zero-order valence-electron chi connectivity index (χ0n) is 19.1. The Morgan fingerprint density at radius 1 is 0.419 bits per heavy atom. The predicted molar refractivity (Wildman–Crippen MR) is 111 cm³/mol. The van der Waals surface area contributed by atoms with Crippen LogP contribution in [0.4, 0.5) is 0 Å². The minimum absolute atomic E-state index is 0.171. The summed E-state index contributed by atoms with van der Waals surface area (Å²) in [5.41, 5.74) is 0. The van der Waals surface area contributed by atoms with Crippen molar-refractivity contribution in [1.82, 2.24) is 0 Å². The molecule has 0 spiro atoms. The van der Waals surface area contributed by atoms with E-state index in [0.29, 0.717) is 32.1 Å². The second-order valence-electron chi connectivity index (χ2n) is 6.81. The van der Waals surface area contributed by atoms with Crippen molar-refractivity contribution in [3.05, 3.63) is 0 Å². The molecule has 0 rings (SSSR count). The molecule has 31 heavy (non-hydrogen) atoms. The first-order valence-corrected chi connectivity index (χ1v) is 16.0. The van der Waals surface area contributed by atoms with E-state index in [9.17, 15) is 24.0 Å². The molecule has 0 aromatic rings. The summed E-state index contributed by atoms with van der Waals surface area (Å²) in [6, 6.07) is 0. The third-order valence-electron chi connectivity index (χ3n) is 3.53. The van der Waals surface area contributed by atoms with Crippen LogP contribution in [0.3, 0.4) is 0 Å². The van der Waals surface area contributed by atoms with E-state index < -0.39 is 49.3 Å². The second-order valence-corrected chi connectivity index (χ2v) is 13.7. The Hall–Kier alpha value is -1.83. The number of carbonyl (C=O) groups is 5. The molecule has 0 aromatic carbocycles. The topological polar surface area (TPSA) is 132 Å². The summed E-state index contributed by atoms with van der Waals surface area (Å²) in [6.45, 7) is 8.42. The van der Waals surface area contributed by atoms with Crippen LogP contribution in [0.1, 0.15) is 98.8 Å². The summed E-state index contributed by atoms with van der Waals surface area (Å²) >= 11 is -7.18. The van der Waals surface area contributed by atoms with Crippen molar-refractivity contribution >= 4 is 49.3 Å². The van der Waals surface area contributed by atoms with Crippen LogP contribution in [0, 0.1) is 0 Å². The fourth-order valence-electron chi connectivity index (χ4n) is 2.27. The molecular formula is C20H35O10Sb. The summed E-state index contributed by atoms with van der Waals surface area (Å²) in [6.07, 6.45) is 0.811. The summed E-state index contributed by atoms with van der Waals surface area (Å²) in [4.78, 5) is 62.4. The van der Waals surface area contributed by atoms with Crippen molar-refractivity contribution in [1.29, 1.82) is 0 Å². The van der Waals surface area contributed by atoms with E-state index >= 15 is 0 Å². The van der Waals surface area contributed by atoms with Crippen LogP contribution >= 0.6 is 0 Å². The van der Waals surface area contributed by atoms with Gasteiger partial charge in [-0.25, -0.2) is 0 Å². The van der Waals surface area contributed by atoms with E-state index in [1.807, 2.05) is 0 Å². The van der Waals surface area contributed by atoms with Crippen LogP contribution < -0.4 is 0 Å². The number of hydrogen-bond acceptors (Lipinski definition) is 10. The molecular weight excluding hydrogens is 522 g/mol. The Labute approximate surface area is 187 Å². The molecule has 0 unspecified atom stereocenters. The van der Waals surface area contributed by atoms with Crippen molar-refractivity contribution in [2.75, 3.05) is 0 Å². The van der Waals surface area contributed by atoms with E-state index in [1.165, 1.54) is 0 Å². The van der Waals surface area contributed by atoms with Gasteiger partial charge in [-0.2, -0.15) is 0 Å². The van der Waals surface area contributed by atoms with Crippen molar-refractivity contribution in [3.63, 3.8) is 0 Å². The Morgan fingerprint density at radius 3 is 0.710 bits per heavy atom. The summed E-state index contributed by atoms with van der Waals surface area (Å²) < 4.78 is 26.6. The SMILES string of the molecule is CCCC(=O)[O][Sb]([O]C(=O)CCC)([O]C(=O)CCC)([O]C(=O)CCC)[O]C(=O)CCC. The Morgan fingerprint density at radius 2 is 0.581 bits per heavy atom. The van der Waals surface area contributed by atoms with Gasteiger partial charge in [-0.05, 0) is 0 Å². The van der Waals surface area contributed by atoms with Gasteiger partial charge >= 0.3 is 187 Å². The van der Waals surface area contributed by atoms with Gasteiger partial charge in [-0.15, -0.1) is 0 Å². The van der Waals surface area contributed by atoms with Gasteiger partial charge in [0.05, 0.1) is 0 Å². The van der Waals surface area contributed by atoms with Crippen LogP contribution in [0.25, 0.3) is 0 Å². The third-order valence-corrected chi connectivity index (χ3v) is 10.7. The quantitative estimate of drug-likeness (QED) is 0.275. The maximum atomic E-state index is 12.5. The molecule has 0 aliphatic carbocycles. The first-order chi connectivity index (χ1) is 14.6. The molecule has 0 N–H and O–H groups in total. The molecule has 0 heterocycles. The Bertz CT molecular complexity index is 512. The molecule has 0 atom stereocenters. The molecule has 0 aliphatic heterocycles. The Kier molecular flexibility index (Phi) is 13.4. The summed E-state index contributed by atoms with van der Waals surface area (Å²) in [5.74, 6) is -4.90. The molecule has 0 saturated heterocycles. The first-order valence-electron chi connectivity index (χ1n) is 10.8. The maximum absolute atomic E-state index is 12.5. The van der Waals surface area contributed by atoms with Gasteiger partial charge in [0.2, 0.25) is 0 Å². The molecule has 0 bridgehead atoms. The normalized spacial score (nSPS) is 12.1. The van der Waals surface area contributed by atoms with Crippen molar-refractivity contribution in [3.8, 4) is 0 Å². The van der Waals surface area contributed by atoms with Crippen LogP contribution in [0.15, 0.2) is 0 Å². The molecule has 180 valence electrons. The van der Waals surface area contributed by atoms with Crippen LogP contribution in [-0.2, 0) is 39.0 Å². The van der Waals surface area contributed by atoms with E-state index in [-0.39, 0.29) is 32.1 Å². The average Bonchev–Trinajstić information content (AvgIpc) is 2.61. The molecule has 0 saturated carbocycles. The Balaban J connectivity index is 6.71. The fourth-order valence-corrected chi connectivity index (χ4v) is 9.38. The molecule has 0 fully saturated rings. The third kappa shape index (κ3) is 10.4. The molecule has 10 nitrogen and oxygen atoms in total. The summed E-state index contributed by atoms with van der Waals surface area (Å²) in [7, 11) is 0. The molecule has 0 amide bonds. The number of rotatable bonds is 15. The van der Waals surface area contributed by atoms with E-state index in [2.05, 4.69) is 0 Å². The average molecular weight is 557 g/mol. The molecule has 11 heteroatoms. The predicted octanol–water partition coefficient (Wildman–Crippen LogP) is 3.59. The minimum atomic E-state index is -7.18. The van der Waals surface area contributed by atoms with Crippen LogP contribution in [0.2, 0.25) is 0 Å². The zero-order valence-corrected chi connectivity index (χ0v) is 21.7. The van der Waals surface area contributed by atoms with Crippen molar-refractivity contribution in [2.45, 2.75) is 98.8 Å². The molecule has 0 radical (unpaired) electrons. The monoisotopic (exact) mass is 556 g/mol. The van der Waals surface area contributed by atoms with Gasteiger partial charge in [-0.1, -0.05) is 0 Å². The number of carbonyl (C=O) groups excluding carboxylic acids is 5. The van der Waals surface area contributed by atoms with E-state index in [1.54, 1.807) is 34.6 Å². The van der Waals surface area contributed by atoms with Crippen LogP contribution in [-0.4, -0.2) is 49.3 Å². The zero-order chi connectivity index (χ0) is 23.9. The van der Waals surface area contributed by atoms with Crippen LogP contribution in [0.5, 0.6) is 0 Å². The van der Waals surface area contributed by atoms with Gasteiger partial charge in [0.1, 0.15) is 0 Å². The van der Waals surface area contributed by atoms with Gasteiger partial charge < -0.3 is 0 Å². The fraction of sp³-hybridized carbons (Fsp3) is 0.750.